The third-order valence-electron chi connectivity index (χ3n) is 18.3. The highest BCUT2D eigenvalue weighted by Crippen LogP contribution is 2.20. The summed E-state index contributed by atoms with van der Waals surface area (Å²) in [6.07, 6.45) is 91.4. The Hall–Kier alpha value is -1.40. The van der Waals surface area contributed by atoms with E-state index in [-0.39, 0.29) is 18.5 Å². The number of allylic oxidation sites excluding steroid dienone is 2. The number of carbonyl (C=O) groups excluding carboxylic acids is 2. The summed E-state index contributed by atoms with van der Waals surface area (Å²) in [7, 11) is 0. The van der Waals surface area contributed by atoms with E-state index in [9.17, 15) is 19.8 Å². The topological polar surface area (TPSA) is 95.9 Å². The Morgan fingerprint density at radius 2 is 0.566 bits per heavy atom. The summed E-state index contributed by atoms with van der Waals surface area (Å²) in [4.78, 5) is 24.7. The molecule has 0 saturated heterocycles. The third-order valence-corrected chi connectivity index (χ3v) is 18.3. The zero-order valence-corrected chi connectivity index (χ0v) is 56.7. The summed E-state index contributed by atoms with van der Waals surface area (Å²) in [5.74, 6) is -0.00908. The maximum Gasteiger partial charge on any atom is 0.305 e. The standard InChI is InChI=1S/C77H151NO5/c1-3-5-7-9-11-13-15-17-19-20-21-22-29-32-35-38-42-45-49-53-57-61-65-69-75(80)74(73-79)78-76(81)70-66-62-58-54-50-46-43-39-36-33-30-27-25-23-24-26-28-31-34-37-40-44-48-52-56-60-64-68-72-83-77(82)71-67-63-59-55-51-47-41-18-16-14-12-10-8-6-4-2/h23-24,74-75,79-80H,3-22,25-73H2,1-2H3,(H,78,81)/b24-23-. The van der Waals surface area contributed by atoms with Gasteiger partial charge in [0.1, 0.15) is 0 Å². The van der Waals surface area contributed by atoms with Crippen molar-refractivity contribution in [1.82, 2.24) is 5.32 Å². The van der Waals surface area contributed by atoms with Crippen molar-refractivity contribution in [2.45, 2.75) is 456 Å². The van der Waals surface area contributed by atoms with Gasteiger partial charge in [-0.25, -0.2) is 0 Å². The van der Waals surface area contributed by atoms with Crippen molar-refractivity contribution < 1.29 is 24.5 Å². The average molecular weight is 1170 g/mol. The summed E-state index contributed by atoms with van der Waals surface area (Å²) in [6.45, 7) is 5.01. The minimum atomic E-state index is -0.665. The first-order valence-electron chi connectivity index (χ1n) is 38.4. The van der Waals surface area contributed by atoms with Crippen molar-refractivity contribution in [1.29, 1.82) is 0 Å². The van der Waals surface area contributed by atoms with Gasteiger partial charge in [-0.2, -0.15) is 0 Å². The molecule has 0 saturated carbocycles. The van der Waals surface area contributed by atoms with Crippen molar-refractivity contribution in [2.75, 3.05) is 13.2 Å². The number of hydrogen-bond donors (Lipinski definition) is 3. The van der Waals surface area contributed by atoms with Gasteiger partial charge < -0.3 is 20.3 Å². The number of rotatable bonds is 73. The van der Waals surface area contributed by atoms with Crippen LogP contribution in [0, 0.1) is 0 Å². The van der Waals surface area contributed by atoms with E-state index in [0.29, 0.717) is 25.9 Å². The first-order chi connectivity index (χ1) is 41.0. The van der Waals surface area contributed by atoms with Crippen LogP contribution in [0.4, 0.5) is 0 Å². The van der Waals surface area contributed by atoms with E-state index in [4.69, 9.17) is 4.74 Å². The molecule has 0 heterocycles. The summed E-state index contributed by atoms with van der Waals surface area (Å²) in [5, 5.41) is 23.5. The summed E-state index contributed by atoms with van der Waals surface area (Å²) in [6, 6.07) is -0.542. The molecule has 1 amide bonds. The molecule has 0 bridgehead atoms. The Kier molecular flexibility index (Phi) is 71.8. The van der Waals surface area contributed by atoms with E-state index in [2.05, 4.69) is 31.3 Å². The number of hydrogen-bond acceptors (Lipinski definition) is 5. The first kappa shape index (κ1) is 81.6. The minimum absolute atomic E-state index is 0.0201. The molecule has 0 spiro atoms. The zero-order chi connectivity index (χ0) is 59.9. The first-order valence-corrected chi connectivity index (χ1v) is 38.4. The molecule has 0 radical (unpaired) electrons. The highest BCUT2D eigenvalue weighted by molar-refractivity contribution is 5.76. The molecule has 0 aromatic rings. The molecule has 494 valence electrons. The Morgan fingerprint density at radius 3 is 0.855 bits per heavy atom. The highest BCUT2D eigenvalue weighted by Gasteiger charge is 2.20. The van der Waals surface area contributed by atoms with Gasteiger partial charge in [0, 0.05) is 12.8 Å². The van der Waals surface area contributed by atoms with E-state index in [1.165, 1.54) is 372 Å². The Morgan fingerprint density at radius 1 is 0.325 bits per heavy atom. The Bertz CT molecular complexity index is 1260. The summed E-state index contributed by atoms with van der Waals surface area (Å²) < 4.78 is 5.50. The van der Waals surface area contributed by atoms with Crippen LogP contribution in [0.15, 0.2) is 12.2 Å². The van der Waals surface area contributed by atoms with Crippen LogP contribution in [-0.2, 0) is 14.3 Å². The van der Waals surface area contributed by atoms with Crippen LogP contribution >= 0.6 is 0 Å². The van der Waals surface area contributed by atoms with E-state index in [0.717, 1.165) is 38.5 Å². The van der Waals surface area contributed by atoms with Crippen LogP contribution in [-0.4, -0.2) is 47.4 Å². The molecular weight excluding hydrogens is 1020 g/mol. The predicted octanol–water partition coefficient (Wildman–Crippen LogP) is 25.1. The van der Waals surface area contributed by atoms with E-state index < -0.39 is 12.1 Å². The van der Waals surface area contributed by atoms with Crippen molar-refractivity contribution in [2.24, 2.45) is 0 Å². The number of aliphatic hydroxyl groups excluding tert-OH is 2. The normalized spacial score (nSPS) is 12.5. The number of ether oxygens (including phenoxy) is 1. The molecule has 0 fully saturated rings. The molecule has 0 aliphatic heterocycles. The van der Waals surface area contributed by atoms with Gasteiger partial charge >= 0.3 is 5.97 Å². The molecule has 3 N–H and O–H groups in total. The maximum atomic E-state index is 12.6. The largest absolute Gasteiger partial charge is 0.466 e. The SMILES string of the molecule is CCCCCCCCCCCCCCCCCCCCCCCCCC(O)C(CO)NC(=O)CCCCCCCCCCCCCC/C=C\CCCCCCCCCCCCCCOC(=O)CCCCCCCCCCCCCCCCC. The van der Waals surface area contributed by atoms with Gasteiger partial charge in [-0.05, 0) is 51.4 Å². The lowest BCUT2D eigenvalue weighted by molar-refractivity contribution is -0.143. The monoisotopic (exact) mass is 1170 g/mol. The predicted molar refractivity (Wildman–Crippen MR) is 366 cm³/mol. The van der Waals surface area contributed by atoms with E-state index in [1.54, 1.807) is 0 Å². The van der Waals surface area contributed by atoms with Crippen molar-refractivity contribution in [3.05, 3.63) is 12.2 Å². The molecule has 6 heteroatoms. The number of esters is 1. The minimum Gasteiger partial charge on any atom is -0.466 e. The molecule has 0 aromatic heterocycles. The second kappa shape index (κ2) is 73.1. The zero-order valence-electron chi connectivity index (χ0n) is 56.7. The lowest BCUT2D eigenvalue weighted by Gasteiger charge is -2.22. The Labute approximate surface area is 520 Å². The fourth-order valence-corrected chi connectivity index (χ4v) is 12.5. The van der Waals surface area contributed by atoms with Crippen LogP contribution in [0.3, 0.4) is 0 Å². The summed E-state index contributed by atoms with van der Waals surface area (Å²) in [5.41, 5.74) is 0. The number of unbranched alkanes of at least 4 members (excludes halogenated alkanes) is 60. The van der Waals surface area contributed by atoms with Gasteiger partial charge in [0.05, 0.1) is 25.4 Å². The molecule has 0 aliphatic carbocycles. The lowest BCUT2D eigenvalue weighted by Crippen LogP contribution is -2.45. The number of carbonyl (C=O) groups is 2. The van der Waals surface area contributed by atoms with Crippen LogP contribution < -0.4 is 5.32 Å². The number of amides is 1. The van der Waals surface area contributed by atoms with Gasteiger partial charge in [0.15, 0.2) is 0 Å². The van der Waals surface area contributed by atoms with Crippen LogP contribution in [0.5, 0.6) is 0 Å². The van der Waals surface area contributed by atoms with Gasteiger partial charge in [-0.1, -0.05) is 392 Å². The van der Waals surface area contributed by atoms with Crippen molar-refractivity contribution >= 4 is 11.9 Å². The highest BCUT2D eigenvalue weighted by atomic mass is 16.5. The second-order valence-corrected chi connectivity index (χ2v) is 26.7. The Balaban J connectivity index is 3.37. The lowest BCUT2D eigenvalue weighted by atomic mass is 10.0. The van der Waals surface area contributed by atoms with Crippen molar-refractivity contribution in [3.63, 3.8) is 0 Å². The van der Waals surface area contributed by atoms with Gasteiger partial charge in [0.2, 0.25) is 5.91 Å². The van der Waals surface area contributed by atoms with E-state index >= 15 is 0 Å². The molecule has 83 heavy (non-hydrogen) atoms. The average Bonchev–Trinajstić information content (AvgIpc) is 3.49. The fourth-order valence-electron chi connectivity index (χ4n) is 12.5. The quantitative estimate of drug-likeness (QED) is 0.0320. The van der Waals surface area contributed by atoms with E-state index in [1.807, 2.05) is 0 Å². The molecular formula is C77H151NO5. The molecule has 2 atom stereocenters. The number of nitrogens with one attached hydrogen (secondary N) is 1. The third kappa shape index (κ3) is 69.6. The smallest absolute Gasteiger partial charge is 0.305 e. The van der Waals surface area contributed by atoms with Crippen LogP contribution in [0.2, 0.25) is 0 Å². The van der Waals surface area contributed by atoms with Gasteiger partial charge in [0.25, 0.3) is 0 Å². The van der Waals surface area contributed by atoms with Gasteiger partial charge in [-0.15, -0.1) is 0 Å². The van der Waals surface area contributed by atoms with Gasteiger partial charge in [-0.3, -0.25) is 9.59 Å². The maximum absolute atomic E-state index is 12.6. The molecule has 0 aliphatic rings. The second-order valence-electron chi connectivity index (χ2n) is 26.7. The molecule has 2 unspecified atom stereocenters. The molecule has 0 rings (SSSR count). The van der Waals surface area contributed by atoms with Crippen molar-refractivity contribution in [3.8, 4) is 0 Å². The molecule has 0 aromatic carbocycles. The fraction of sp³-hybridized carbons (Fsp3) is 0.948. The van der Waals surface area contributed by atoms with Crippen LogP contribution in [0.1, 0.15) is 444 Å². The van der Waals surface area contributed by atoms with Crippen LogP contribution in [0.25, 0.3) is 0 Å². The number of aliphatic hydroxyl groups is 2. The molecule has 6 nitrogen and oxygen atoms in total. The summed E-state index contributed by atoms with van der Waals surface area (Å²) >= 11 is 0.